The molecule has 1 atom stereocenters. The maximum Gasteiger partial charge on any atom is 0.270 e. The van der Waals surface area contributed by atoms with Gasteiger partial charge < -0.3 is 10.6 Å². The van der Waals surface area contributed by atoms with Gasteiger partial charge in [0, 0.05) is 12.6 Å². The summed E-state index contributed by atoms with van der Waals surface area (Å²) in [4.78, 5) is 31.3. The van der Waals surface area contributed by atoms with E-state index in [2.05, 4.69) is 20.6 Å². The van der Waals surface area contributed by atoms with E-state index in [4.69, 9.17) is 0 Å². The second-order valence-electron chi connectivity index (χ2n) is 5.01. The molecule has 6 nitrogen and oxygen atoms in total. The first-order valence-corrected chi connectivity index (χ1v) is 7.31. The molecular weight excluding hydrogens is 318 g/mol. The Morgan fingerprint density at radius 3 is 2.00 bits per heavy atom. The summed E-state index contributed by atoms with van der Waals surface area (Å²) in [5, 5.41) is 5.32. The van der Waals surface area contributed by atoms with E-state index in [1.807, 2.05) is 6.92 Å². The van der Waals surface area contributed by atoms with Gasteiger partial charge in [-0.05, 0) is 30.7 Å². The van der Waals surface area contributed by atoms with Gasteiger partial charge in [0.25, 0.3) is 11.8 Å². The van der Waals surface area contributed by atoms with Gasteiger partial charge in [-0.15, -0.1) is 0 Å². The molecule has 0 fully saturated rings. The van der Waals surface area contributed by atoms with Gasteiger partial charge in [-0.25, -0.2) is 18.7 Å². The van der Waals surface area contributed by atoms with E-state index in [0.29, 0.717) is 6.42 Å². The van der Waals surface area contributed by atoms with E-state index < -0.39 is 23.4 Å². The quantitative estimate of drug-likeness (QED) is 0.842. The molecule has 2 N–H and O–H groups in total. The molecule has 2 heterocycles. The van der Waals surface area contributed by atoms with Crippen molar-refractivity contribution in [2.24, 2.45) is 0 Å². The number of carbonyl (C=O) groups excluding carboxylic acids is 2. The first-order valence-electron chi connectivity index (χ1n) is 7.31. The summed E-state index contributed by atoms with van der Waals surface area (Å²) >= 11 is 0. The molecule has 0 aliphatic heterocycles. The van der Waals surface area contributed by atoms with Gasteiger partial charge in [-0.2, -0.15) is 0 Å². The Hall–Kier alpha value is -2.90. The highest BCUT2D eigenvalue weighted by atomic mass is 19.1. The van der Waals surface area contributed by atoms with Crippen LogP contribution in [0.4, 0.5) is 8.78 Å². The molecule has 0 saturated heterocycles. The number of halogens is 2. The predicted octanol–water partition coefficient (Wildman–Crippen LogP) is 1.69. The second kappa shape index (κ2) is 8.09. The lowest BCUT2D eigenvalue weighted by Crippen LogP contribution is -2.43. The van der Waals surface area contributed by atoms with Crippen LogP contribution in [-0.2, 0) is 0 Å². The van der Waals surface area contributed by atoms with Crippen molar-refractivity contribution in [2.75, 3.05) is 6.54 Å². The smallest absolute Gasteiger partial charge is 0.270 e. The minimum absolute atomic E-state index is 0.0813. The van der Waals surface area contributed by atoms with Crippen LogP contribution in [-0.4, -0.2) is 34.4 Å². The number of aromatic nitrogens is 2. The maximum absolute atomic E-state index is 12.8. The van der Waals surface area contributed by atoms with Gasteiger partial charge >= 0.3 is 0 Å². The summed E-state index contributed by atoms with van der Waals surface area (Å²) in [6.07, 6.45) is 2.47. The summed E-state index contributed by atoms with van der Waals surface area (Å²) < 4.78 is 25.6. The molecule has 0 saturated carbocycles. The van der Waals surface area contributed by atoms with E-state index in [1.165, 1.54) is 12.1 Å². The number of carbonyl (C=O) groups is 2. The van der Waals surface area contributed by atoms with Gasteiger partial charge in [0.05, 0.1) is 12.4 Å². The molecule has 0 aliphatic rings. The Labute approximate surface area is 137 Å². The molecular formula is C16H16F2N4O2. The van der Waals surface area contributed by atoms with E-state index in [0.717, 1.165) is 24.5 Å². The topological polar surface area (TPSA) is 84.0 Å². The Balaban J connectivity index is 1.89. The fourth-order valence-corrected chi connectivity index (χ4v) is 1.88. The molecule has 2 aromatic heterocycles. The van der Waals surface area contributed by atoms with Gasteiger partial charge in [0.2, 0.25) is 0 Å². The Kier molecular flexibility index (Phi) is 5.89. The standard InChI is InChI=1S/C16H16F2N4O2/c1-2-12(22-16(24)14-6-4-11(18)8-20-14)9-21-15(23)13-5-3-10(17)7-19-13/h3-8,12H,2,9H2,1H3,(H,21,23)(H,22,24)/t12-/m1/s1. The van der Waals surface area contributed by atoms with E-state index in [9.17, 15) is 18.4 Å². The van der Waals surface area contributed by atoms with Crippen molar-refractivity contribution >= 4 is 11.8 Å². The molecule has 0 radical (unpaired) electrons. The van der Waals surface area contributed by atoms with E-state index >= 15 is 0 Å². The predicted molar refractivity (Wildman–Crippen MR) is 82.3 cm³/mol. The van der Waals surface area contributed by atoms with Crippen LogP contribution in [0.1, 0.15) is 34.3 Å². The number of pyridine rings is 2. The highest BCUT2D eigenvalue weighted by Gasteiger charge is 2.15. The summed E-state index contributed by atoms with van der Waals surface area (Å²) in [7, 11) is 0. The van der Waals surface area contributed by atoms with Crippen LogP contribution in [0.25, 0.3) is 0 Å². The van der Waals surface area contributed by atoms with Crippen LogP contribution >= 0.6 is 0 Å². The first kappa shape index (κ1) is 17.5. The van der Waals surface area contributed by atoms with Crippen LogP contribution in [0.5, 0.6) is 0 Å². The van der Waals surface area contributed by atoms with Crippen molar-refractivity contribution < 1.29 is 18.4 Å². The molecule has 0 aromatic carbocycles. The Morgan fingerprint density at radius 1 is 1.00 bits per heavy atom. The first-order chi connectivity index (χ1) is 11.5. The van der Waals surface area contributed by atoms with Crippen molar-refractivity contribution in [1.29, 1.82) is 0 Å². The fourth-order valence-electron chi connectivity index (χ4n) is 1.88. The zero-order valence-electron chi connectivity index (χ0n) is 12.9. The van der Waals surface area contributed by atoms with Crippen LogP contribution in [0.15, 0.2) is 36.7 Å². The van der Waals surface area contributed by atoms with E-state index in [1.54, 1.807) is 0 Å². The minimum atomic E-state index is -0.531. The molecule has 0 unspecified atom stereocenters. The molecule has 0 aliphatic carbocycles. The van der Waals surface area contributed by atoms with Gasteiger partial charge in [-0.3, -0.25) is 9.59 Å². The van der Waals surface area contributed by atoms with Crippen molar-refractivity contribution in [2.45, 2.75) is 19.4 Å². The zero-order valence-corrected chi connectivity index (χ0v) is 12.9. The third kappa shape index (κ3) is 4.80. The number of nitrogens with one attached hydrogen (secondary N) is 2. The van der Waals surface area contributed by atoms with Crippen molar-refractivity contribution in [1.82, 2.24) is 20.6 Å². The zero-order chi connectivity index (χ0) is 17.5. The number of nitrogens with zero attached hydrogens (tertiary/aromatic N) is 2. The molecule has 2 aromatic rings. The van der Waals surface area contributed by atoms with Crippen LogP contribution in [0.2, 0.25) is 0 Å². The molecule has 8 heteroatoms. The summed E-state index contributed by atoms with van der Waals surface area (Å²) in [5.41, 5.74) is 0.166. The average molecular weight is 334 g/mol. The monoisotopic (exact) mass is 334 g/mol. The third-order valence-corrected chi connectivity index (χ3v) is 3.26. The summed E-state index contributed by atoms with van der Waals surface area (Å²) in [6, 6.07) is 4.49. The van der Waals surface area contributed by atoms with Gasteiger partial charge in [0.15, 0.2) is 0 Å². The van der Waals surface area contributed by atoms with E-state index in [-0.39, 0.29) is 24.0 Å². The summed E-state index contributed by atoms with van der Waals surface area (Å²) in [5.74, 6) is -1.99. The normalized spacial score (nSPS) is 11.6. The Bertz CT molecular complexity index is 705. The number of amides is 2. The number of hydrogen-bond donors (Lipinski definition) is 2. The molecule has 2 amide bonds. The molecule has 0 spiro atoms. The highest BCUT2D eigenvalue weighted by molar-refractivity contribution is 5.93. The van der Waals surface area contributed by atoms with Crippen LogP contribution in [0.3, 0.4) is 0 Å². The largest absolute Gasteiger partial charge is 0.349 e. The van der Waals surface area contributed by atoms with Crippen molar-refractivity contribution in [3.8, 4) is 0 Å². The summed E-state index contributed by atoms with van der Waals surface area (Å²) in [6.45, 7) is 2.01. The Morgan fingerprint density at radius 2 is 1.54 bits per heavy atom. The fraction of sp³-hybridized carbons (Fsp3) is 0.250. The lowest BCUT2D eigenvalue weighted by molar-refractivity contribution is 0.0902. The maximum atomic E-state index is 12.8. The van der Waals surface area contributed by atoms with Crippen LogP contribution in [0, 0.1) is 11.6 Å². The number of hydrogen-bond acceptors (Lipinski definition) is 4. The second-order valence-corrected chi connectivity index (χ2v) is 5.01. The lowest BCUT2D eigenvalue weighted by Gasteiger charge is -2.17. The average Bonchev–Trinajstić information content (AvgIpc) is 2.59. The molecule has 24 heavy (non-hydrogen) atoms. The van der Waals surface area contributed by atoms with Crippen LogP contribution < -0.4 is 10.6 Å². The van der Waals surface area contributed by atoms with Crippen molar-refractivity contribution in [3.05, 3.63) is 59.7 Å². The van der Waals surface area contributed by atoms with Gasteiger partial charge in [-0.1, -0.05) is 6.92 Å². The molecule has 126 valence electrons. The SMILES string of the molecule is CC[C@H](CNC(=O)c1ccc(F)cn1)NC(=O)c1ccc(F)cn1. The molecule has 2 rings (SSSR count). The van der Waals surface area contributed by atoms with Gasteiger partial charge in [0.1, 0.15) is 23.0 Å². The minimum Gasteiger partial charge on any atom is -0.349 e. The molecule has 0 bridgehead atoms. The van der Waals surface area contributed by atoms with Crippen molar-refractivity contribution in [3.63, 3.8) is 0 Å². The highest BCUT2D eigenvalue weighted by Crippen LogP contribution is 2.01. The lowest BCUT2D eigenvalue weighted by atomic mass is 10.2. The number of rotatable bonds is 6. The third-order valence-electron chi connectivity index (χ3n) is 3.26.